The number of nitrogens with one attached hydrogen (secondary N) is 2. The maximum Gasteiger partial charge on any atom is 0.257 e. The Bertz CT molecular complexity index is 892. The average Bonchev–Trinajstić information content (AvgIpc) is 3.40. The molecule has 0 radical (unpaired) electrons. The average molecular weight is 374 g/mol. The molecule has 0 saturated heterocycles. The lowest BCUT2D eigenvalue weighted by molar-refractivity contribution is 0.102. The highest BCUT2D eigenvalue weighted by molar-refractivity contribution is 7.92. The molecule has 1 fully saturated rings. The number of anilines is 2. The number of rotatable bonds is 8. The quantitative estimate of drug-likeness (QED) is 0.741. The molecule has 0 atom stereocenters. The molecule has 1 aliphatic carbocycles. The van der Waals surface area contributed by atoms with Gasteiger partial charge in [0.2, 0.25) is 10.0 Å². The maximum absolute atomic E-state index is 12.7. The zero-order valence-electron chi connectivity index (χ0n) is 14.6. The van der Waals surface area contributed by atoms with Crippen molar-refractivity contribution in [2.24, 2.45) is 5.92 Å². The Morgan fingerprint density at radius 2 is 1.73 bits per heavy atom. The highest BCUT2D eigenvalue weighted by Gasteiger charge is 2.28. The lowest BCUT2D eigenvalue weighted by Gasteiger charge is -2.14. The summed E-state index contributed by atoms with van der Waals surface area (Å²) >= 11 is 0. The Hall–Kier alpha value is -2.54. The summed E-state index contributed by atoms with van der Waals surface area (Å²) in [4.78, 5) is 12.7. The number of carbonyl (C=O) groups excluding carboxylic acids is 1. The SMILES string of the molecule is CCOc1ccccc1NC(=O)c1ccccc1NS(=O)(=O)CC1CC1. The fourth-order valence-electron chi connectivity index (χ4n) is 2.62. The minimum absolute atomic E-state index is 0.0934. The van der Waals surface area contributed by atoms with E-state index in [0.29, 0.717) is 18.0 Å². The van der Waals surface area contributed by atoms with Gasteiger partial charge in [0.25, 0.3) is 5.91 Å². The molecule has 1 amide bonds. The number of benzene rings is 2. The van der Waals surface area contributed by atoms with E-state index < -0.39 is 15.9 Å². The van der Waals surface area contributed by atoms with E-state index >= 15 is 0 Å². The molecule has 6 nitrogen and oxygen atoms in total. The van der Waals surface area contributed by atoms with Crippen molar-refractivity contribution < 1.29 is 17.9 Å². The first kappa shape index (κ1) is 18.3. The summed E-state index contributed by atoms with van der Waals surface area (Å²) in [5.41, 5.74) is 1.08. The molecule has 0 aliphatic heterocycles. The van der Waals surface area contributed by atoms with Crippen LogP contribution in [-0.2, 0) is 10.0 Å². The molecule has 0 bridgehead atoms. The molecule has 0 spiro atoms. The second-order valence-electron chi connectivity index (χ2n) is 6.26. The van der Waals surface area contributed by atoms with Gasteiger partial charge in [0, 0.05) is 0 Å². The molecule has 26 heavy (non-hydrogen) atoms. The summed E-state index contributed by atoms with van der Waals surface area (Å²) in [5.74, 6) is 0.486. The Labute approximate surface area is 153 Å². The van der Waals surface area contributed by atoms with E-state index in [1.54, 1.807) is 42.5 Å². The van der Waals surface area contributed by atoms with Crippen LogP contribution < -0.4 is 14.8 Å². The normalized spacial score (nSPS) is 13.9. The Kier molecular flexibility index (Phi) is 5.46. The minimum Gasteiger partial charge on any atom is -0.492 e. The van der Waals surface area contributed by atoms with Gasteiger partial charge < -0.3 is 10.1 Å². The van der Waals surface area contributed by atoms with Crippen LogP contribution in [-0.4, -0.2) is 26.7 Å². The third kappa shape index (κ3) is 4.76. The molecule has 3 rings (SSSR count). The van der Waals surface area contributed by atoms with Crippen molar-refractivity contribution in [3.8, 4) is 5.75 Å². The van der Waals surface area contributed by atoms with Crippen molar-refractivity contribution in [1.82, 2.24) is 0 Å². The summed E-state index contributed by atoms with van der Waals surface area (Å²) in [7, 11) is -3.47. The van der Waals surface area contributed by atoms with Gasteiger partial charge in [-0.1, -0.05) is 24.3 Å². The zero-order chi connectivity index (χ0) is 18.6. The van der Waals surface area contributed by atoms with Gasteiger partial charge in [-0.05, 0) is 49.9 Å². The van der Waals surface area contributed by atoms with E-state index in [1.807, 2.05) is 13.0 Å². The molecule has 0 heterocycles. The Morgan fingerprint density at radius 1 is 1.08 bits per heavy atom. The molecular formula is C19H22N2O4S. The molecule has 0 aromatic heterocycles. The second-order valence-corrected chi connectivity index (χ2v) is 8.02. The highest BCUT2D eigenvalue weighted by atomic mass is 32.2. The number of amides is 1. The molecule has 2 aromatic carbocycles. The smallest absolute Gasteiger partial charge is 0.257 e. The second kappa shape index (κ2) is 7.78. The van der Waals surface area contributed by atoms with E-state index in [4.69, 9.17) is 4.74 Å². The third-order valence-electron chi connectivity index (χ3n) is 4.02. The van der Waals surface area contributed by atoms with Gasteiger partial charge in [-0.15, -0.1) is 0 Å². The standard InChI is InChI=1S/C19H22N2O4S/c1-2-25-18-10-6-5-9-17(18)20-19(22)15-7-3-4-8-16(15)21-26(23,24)13-14-11-12-14/h3-10,14,21H,2,11-13H2,1H3,(H,20,22). The van der Waals surface area contributed by atoms with Crippen LogP contribution in [0.25, 0.3) is 0 Å². The monoisotopic (exact) mass is 374 g/mol. The summed E-state index contributed by atoms with van der Waals surface area (Å²) in [6.07, 6.45) is 1.88. The molecule has 1 saturated carbocycles. The number of para-hydroxylation sites is 3. The Balaban J connectivity index is 1.80. The van der Waals surface area contributed by atoms with Crippen molar-refractivity contribution in [1.29, 1.82) is 0 Å². The summed E-state index contributed by atoms with van der Waals surface area (Å²) in [6, 6.07) is 13.7. The zero-order valence-corrected chi connectivity index (χ0v) is 15.4. The molecular weight excluding hydrogens is 352 g/mol. The predicted molar refractivity (Wildman–Crippen MR) is 102 cm³/mol. The molecule has 138 valence electrons. The van der Waals surface area contributed by atoms with Crippen LogP contribution in [0, 0.1) is 5.92 Å². The van der Waals surface area contributed by atoms with Gasteiger partial charge in [-0.3, -0.25) is 9.52 Å². The van der Waals surface area contributed by atoms with E-state index in [0.717, 1.165) is 12.8 Å². The maximum atomic E-state index is 12.7. The van der Waals surface area contributed by atoms with Crippen LogP contribution in [0.3, 0.4) is 0 Å². The summed E-state index contributed by atoms with van der Waals surface area (Å²) < 4.78 is 32.6. The van der Waals surface area contributed by atoms with Crippen LogP contribution in [0.15, 0.2) is 48.5 Å². The van der Waals surface area contributed by atoms with E-state index in [1.165, 1.54) is 0 Å². The van der Waals surface area contributed by atoms with Crippen LogP contribution in [0.5, 0.6) is 5.75 Å². The summed E-state index contributed by atoms with van der Waals surface area (Å²) in [5, 5.41) is 2.79. The van der Waals surface area contributed by atoms with Crippen molar-refractivity contribution in [2.45, 2.75) is 19.8 Å². The predicted octanol–water partition coefficient (Wildman–Crippen LogP) is 3.49. The number of sulfonamides is 1. The van der Waals surface area contributed by atoms with Crippen LogP contribution in [0.4, 0.5) is 11.4 Å². The van der Waals surface area contributed by atoms with Crippen LogP contribution >= 0.6 is 0 Å². The topological polar surface area (TPSA) is 84.5 Å². The van der Waals surface area contributed by atoms with Crippen LogP contribution in [0.1, 0.15) is 30.1 Å². The van der Waals surface area contributed by atoms with Gasteiger partial charge >= 0.3 is 0 Å². The first-order valence-electron chi connectivity index (χ1n) is 8.61. The van der Waals surface area contributed by atoms with Gasteiger partial charge in [0.05, 0.1) is 29.3 Å². The van der Waals surface area contributed by atoms with Crippen molar-refractivity contribution >= 4 is 27.3 Å². The fraction of sp³-hybridized carbons (Fsp3) is 0.316. The fourth-order valence-corrected chi connectivity index (χ4v) is 4.17. The van der Waals surface area contributed by atoms with Gasteiger partial charge in [-0.2, -0.15) is 0 Å². The van der Waals surface area contributed by atoms with Crippen molar-refractivity contribution in [3.63, 3.8) is 0 Å². The molecule has 7 heteroatoms. The lowest BCUT2D eigenvalue weighted by Crippen LogP contribution is -2.21. The number of hydrogen-bond acceptors (Lipinski definition) is 4. The molecule has 0 unspecified atom stereocenters. The van der Waals surface area contributed by atoms with E-state index in [9.17, 15) is 13.2 Å². The van der Waals surface area contributed by atoms with E-state index in [-0.39, 0.29) is 22.9 Å². The van der Waals surface area contributed by atoms with E-state index in [2.05, 4.69) is 10.0 Å². The Morgan fingerprint density at radius 3 is 2.42 bits per heavy atom. The minimum atomic E-state index is -3.47. The number of carbonyl (C=O) groups is 1. The van der Waals surface area contributed by atoms with Crippen LogP contribution in [0.2, 0.25) is 0 Å². The summed E-state index contributed by atoms with van der Waals surface area (Å²) in [6.45, 7) is 2.34. The van der Waals surface area contributed by atoms with Gasteiger partial charge in [-0.25, -0.2) is 8.42 Å². The first-order chi connectivity index (χ1) is 12.5. The lowest BCUT2D eigenvalue weighted by atomic mass is 10.1. The first-order valence-corrected chi connectivity index (χ1v) is 10.3. The third-order valence-corrected chi connectivity index (χ3v) is 5.47. The van der Waals surface area contributed by atoms with Crippen molar-refractivity contribution in [3.05, 3.63) is 54.1 Å². The highest BCUT2D eigenvalue weighted by Crippen LogP contribution is 2.31. The van der Waals surface area contributed by atoms with Gasteiger partial charge in [0.15, 0.2) is 0 Å². The van der Waals surface area contributed by atoms with Crippen molar-refractivity contribution in [2.75, 3.05) is 22.4 Å². The van der Waals surface area contributed by atoms with Gasteiger partial charge in [0.1, 0.15) is 5.75 Å². The number of ether oxygens (including phenoxy) is 1. The largest absolute Gasteiger partial charge is 0.492 e. The number of hydrogen-bond donors (Lipinski definition) is 2. The molecule has 1 aliphatic rings. The molecule has 2 N–H and O–H groups in total. The molecule has 2 aromatic rings.